The van der Waals surface area contributed by atoms with Gasteiger partial charge in [0.15, 0.2) is 0 Å². The van der Waals surface area contributed by atoms with Gasteiger partial charge in [-0.3, -0.25) is 4.79 Å². The molecule has 100 valence electrons. The minimum absolute atomic E-state index is 0.0818. The third kappa shape index (κ3) is 3.85. The van der Waals surface area contributed by atoms with Crippen molar-refractivity contribution in [2.45, 2.75) is 19.4 Å². The van der Waals surface area contributed by atoms with Crippen LogP contribution in [0.5, 0.6) is 0 Å². The summed E-state index contributed by atoms with van der Waals surface area (Å²) in [5, 5.41) is 12.1. The van der Waals surface area contributed by atoms with Gasteiger partial charge in [-0.2, -0.15) is 0 Å². The number of hydrogen-bond donors (Lipinski definition) is 2. The Bertz CT molecular complexity index is 420. The highest BCUT2D eigenvalue weighted by Gasteiger charge is 2.13. The molecule has 0 saturated heterocycles. The number of carbonyl (C=O) groups is 1. The molecule has 1 heterocycles. The van der Waals surface area contributed by atoms with Crippen LogP contribution in [0, 0.1) is 0 Å². The topological polar surface area (TPSA) is 65.5 Å². The monoisotopic (exact) mass is 271 g/mol. The Labute approximate surface area is 112 Å². The van der Waals surface area contributed by atoms with Gasteiger partial charge in [-0.15, -0.1) is 0 Å². The van der Waals surface area contributed by atoms with Crippen molar-refractivity contribution in [3.8, 4) is 0 Å². The van der Waals surface area contributed by atoms with Crippen molar-refractivity contribution >= 4 is 23.3 Å². The maximum absolute atomic E-state index is 12.0. The average Bonchev–Trinajstić information content (AvgIpc) is 2.34. The lowest BCUT2D eigenvalue weighted by Crippen LogP contribution is -2.37. The van der Waals surface area contributed by atoms with Crippen molar-refractivity contribution in [1.29, 1.82) is 0 Å². The lowest BCUT2D eigenvalue weighted by atomic mass is 10.2. The second kappa shape index (κ2) is 6.56. The molecule has 0 aromatic carbocycles. The third-order valence-corrected chi connectivity index (χ3v) is 2.74. The van der Waals surface area contributed by atoms with E-state index in [2.05, 4.69) is 10.3 Å². The van der Waals surface area contributed by atoms with Crippen molar-refractivity contribution in [1.82, 2.24) is 10.3 Å². The second-order valence-corrected chi connectivity index (χ2v) is 4.58. The Kier molecular flexibility index (Phi) is 5.37. The van der Waals surface area contributed by atoms with Gasteiger partial charge in [0.25, 0.3) is 5.91 Å². The minimum Gasteiger partial charge on any atom is -0.394 e. The zero-order valence-corrected chi connectivity index (χ0v) is 11.5. The predicted octanol–water partition coefficient (Wildman–Crippen LogP) is 1.30. The molecule has 0 aliphatic carbocycles. The van der Waals surface area contributed by atoms with E-state index in [9.17, 15) is 4.79 Å². The van der Waals surface area contributed by atoms with Crippen LogP contribution in [0.3, 0.4) is 0 Å². The molecule has 1 aromatic rings. The van der Waals surface area contributed by atoms with Crippen LogP contribution in [0.1, 0.15) is 23.7 Å². The number of anilines is 1. The van der Waals surface area contributed by atoms with E-state index in [0.717, 1.165) is 0 Å². The first-order chi connectivity index (χ1) is 8.47. The normalized spacial score (nSPS) is 12.1. The summed E-state index contributed by atoms with van der Waals surface area (Å²) < 4.78 is 0. The standard InChI is InChI=1S/C12H18ClN3O2/c1-4-9(7-17)14-12(18)8-5-10(13)15-11(6-8)16(2)3/h5-6,9,17H,4,7H2,1-3H3,(H,14,18). The maximum atomic E-state index is 12.0. The predicted molar refractivity (Wildman–Crippen MR) is 72.2 cm³/mol. The highest BCUT2D eigenvalue weighted by molar-refractivity contribution is 6.29. The van der Waals surface area contributed by atoms with Crippen LogP contribution in [0.2, 0.25) is 5.15 Å². The third-order valence-electron chi connectivity index (χ3n) is 2.55. The molecule has 0 radical (unpaired) electrons. The number of nitrogens with zero attached hydrogens (tertiary/aromatic N) is 2. The molecule has 1 amide bonds. The first-order valence-corrected chi connectivity index (χ1v) is 6.12. The lowest BCUT2D eigenvalue weighted by molar-refractivity contribution is 0.0915. The van der Waals surface area contributed by atoms with Gasteiger partial charge in [0.2, 0.25) is 0 Å². The summed E-state index contributed by atoms with van der Waals surface area (Å²) in [6.45, 7) is 1.81. The van der Waals surface area contributed by atoms with E-state index >= 15 is 0 Å². The molecule has 0 spiro atoms. The number of rotatable bonds is 5. The largest absolute Gasteiger partial charge is 0.394 e. The molecule has 1 aromatic heterocycles. The number of amides is 1. The average molecular weight is 272 g/mol. The van der Waals surface area contributed by atoms with Gasteiger partial charge in [0.1, 0.15) is 11.0 Å². The van der Waals surface area contributed by atoms with Crippen molar-refractivity contribution in [3.63, 3.8) is 0 Å². The van der Waals surface area contributed by atoms with Gasteiger partial charge in [-0.25, -0.2) is 4.98 Å². The van der Waals surface area contributed by atoms with Crippen LogP contribution in [0.25, 0.3) is 0 Å². The fourth-order valence-electron chi connectivity index (χ4n) is 1.39. The van der Waals surface area contributed by atoms with Gasteiger partial charge < -0.3 is 15.3 Å². The first-order valence-electron chi connectivity index (χ1n) is 5.74. The van der Waals surface area contributed by atoms with Crippen molar-refractivity contribution in [3.05, 3.63) is 22.8 Å². The van der Waals surface area contributed by atoms with Gasteiger partial charge in [-0.05, 0) is 18.6 Å². The highest BCUT2D eigenvalue weighted by Crippen LogP contribution is 2.16. The molecule has 18 heavy (non-hydrogen) atoms. The Balaban J connectivity index is 2.91. The van der Waals surface area contributed by atoms with Gasteiger partial charge in [-0.1, -0.05) is 18.5 Å². The zero-order chi connectivity index (χ0) is 13.7. The summed E-state index contributed by atoms with van der Waals surface area (Å²) in [6, 6.07) is 2.92. The molecule has 2 N–H and O–H groups in total. The molecule has 1 atom stereocenters. The molecule has 0 aliphatic rings. The van der Waals surface area contributed by atoms with E-state index in [4.69, 9.17) is 16.7 Å². The molecule has 0 bridgehead atoms. The van der Waals surface area contributed by atoms with E-state index in [-0.39, 0.29) is 23.7 Å². The summed E-state index contributed by atoms with van der Waals surface area (Å²) in [4.78, 5) is 17.8. The molecule has 1 unspecified atom stereocenters. The lowest BCUT2D eigenvalue weighted by Gasteiger charge is -2.16. The molecule has 1 rings (SSSR count). The molecule has 0 fully saturated rings. The number of hydrogen-bond acceptors (Lipinski definition) is 4. The van der Waals surface area contributed by atoms with E-state index in [1.165, 1.54) is 6.07 Å². The SMILES string of the molecule is CCC(CO)NC(=O)c1cc(Cl)nc(N(C)C)c1. The van der Waals surface area contributed by atoms with Crippen molar-refractivity contribution < 1.29 is 9.90 Å². The van der Waals surface area contributed by atoms with Crippen LogP contribution < -0.4 is 10.2 Å². The number of nitrogens with one attached hydrogen (secondary N) is 1. The number of aliphatic hydroxyl groups excluding tert-OH is 1. The number of pyridine rings is 1. The summed E-state index contributed by atoms with van der Waals surface area (Å²) in [7, 11) is 3.64. The molecule has 5 nitrogen and oxygen atoms in total. The van der Waals surface area contributed by atoms with Crippen LogP contribution in [-0.2, 0) is 0 Å². The molecule has 6 heteroatoms. The van der Waals surface area contributed by atoms with Crippen LogP contribution in [0.15, 0.2) is 12.1 Å². The molecular formula is C12H18ClN3O2. The van der Waals surface area contributed by atoms with E-state index in [1.807, 2.05) is 21.0 Å². The summed E-state index contributed by atoms with van der Waals surface area (Å²) in [5.74, 6) is 0.355. The summed E-state index contributed by atoms with van der Waals surface area (Å²) >= 11 is 5.88. The van der Waals surface area contributed by atoms with Crippen molar-refractivity contribution in [2.75, 3.05) is 25.6 Å². The Morgan fingerprint density at radius 3 is 2.72 bits per heavy atom. The number of halogens is 1. The van der Waals surface area contributed by atoms with Crippen LogP contribution >= 0.6 is 11.6 Å². The first kappa shape index (κ1) is 14.7. The van der Waals surface area contributed by atoms with Gasteiger partial charge in [0.05, 0.1) is 12.6 Å². The fraction of sp³-hybridized carbons (Fsp3) is 0.500. The van der Waals surface area contributed by atoms with Crippen molar-refractivity contribution in [2.24, 2.45) is 0 Å². The quantitative estimate of drug-likeness (QED) is 0.793. The van der Waals surface area contributed by atoms with Gasteiger partial charge in [0, 0.05) is 19.7 Å². The van der Waals surface area contributed by atoms with Crippen LogP contribution in [0.4, 0.5) is 5.82 Å². The van der Waals surface area contributed by atoms with E-state index in [0.29, 0.717) is 17.8 Å². The second-order valence-electron chi connectivity index (χ2n) is 4.19. The fourth-order valence-corrected chi connectivity index (χ4v) is 1.59. The Morgan fingerprint density at radius 1 is 1.56 bits per heavy atom. The van der Waals surface area contributed by atoms with Gasteiger partial charge >= 0.3 is 0 Å². The summed E-state index contributed by atoms with van der Waals surface area (Å²) in [5.41, 5.74) is 0.436. The molecule has 0 saturated carbocycles. The van der Waals surface area contributed by atoms with Crippen LogP contribution in [-0.4, -0.2) is 42.7 Å². The Hall–Kier alpha value is -1.33. The number of aliphatic hydroxyl groups is 1. The Morgan fingerprint density at radius 2 is 2.22 bits per heavy atom. The maximum Gasteiger partial charge on any atom is 0.251 e. The molecule has 0 aliphatic heterocycles. The molecular weight excluding hydrogens is 254 g/mol. The minimum atomic E-state index is -0.261. The smallest absolute Gasteiger partial charge is 0.251 e. The zero-order valence-electron chi connectivity index (χ0n) is 10.8. The number of aromatic nitrogens is 1. The summed E-state index contributed by atoms with van der Waals surface area (Å²) in [6.07, 6.45) is 0.668. The highest BCUT2D eigenvalue weighted by atomic mass is 35.5. The number of carbonyl (C=O) groups excluding carboxylic acids is 1. The van der Waals surface area contributed by atoms with E-state index in [1.54, 1.807) is 11.0 Å². The van der Waals surface area contributed by atoms with E-state index < -0.39 is 0 Å².